The van der Waals surface area contributed by atoms with Crippen molar-refractivity contribution < 1.29 is 4.79 Å². The lowest BCUT2D eigenvalue weighted by Crippen LogP contribution is -2.11. The van der Waals surface area contributed by atoms with E-state index < -0.39 is 0 Å². The average Bonchev–Trinajstić information content (AvgIpc) is 3.30. The number of hydrogen-bond donors (Lipinski definition) is 1. The summed E-state index contributed by atoms with van der Waals surface area (Å²) in [5, 5.41) is 14.2. The van der Waals surface area contributed by atoms with Gasteiger partial charge >= 0.3 is 0 Å². The fourth-order valence-corrected chi connectivity index (χ4v) is 5.24. The molecule has 5 rings (SSSR count). The van der Waals surface area contributed by atoms with Crippen LogP contribution in [0.1, 0.15) is 15.9 Å². The summed E-state index contributed by atoms with van der Waals surface area (Å²) in [5.74, 6) is 0.608. The van der Waals surface area contributed by atoms with Crippen molar-refractivity contribution in [2.75, 3.05) is 5.32 Å². The van der Waals surface area contributed by atoms with E-state index in [1.54, 1.807) is 11.8 Å². The van der Waals surface area contributed by atoms with Crippen molar-refractivity contribution in [3.63, 3.8) is 0 Å². The lowest BCUT2D eigenvalue weighted by atomic mass is 10.0. The third-order valence-electron chi connectivity index (χ3n) is 5.11. The van der Waals surface area contributed by atoms with Crippen molar-refractivity contribution in [1.82, 2.24) is 10.2 Å². The average molecular weight is 454 g/mol. The van der Waals surface area contributed by atoms with Crippen LogP contribution in [0.3, 0.4) is 0 Å². The van der Waals surface area contributed by atoms with E-state index in [2.05, 4.69) is 51.9 Å². The Bertz CT molecular complexity index is 1360. The number of thioether (sulfide) groups is 1. The van der Waals surface area contributed by atoms with Crippen molar-refractivity contribution in [2.24, 2.45) is 0 Å². The molecule has 0 bridgehead atoms. The first-order chi connectivity index (χ1) is 15.8. The molecule has 0 spiro atoms. The van der Waals surface area contributed by atoms with Crippen LogP contribution in [-0.4, -0.2) is 16.1 Å². The molecular formula is C26H19N3OS2. The van der Waals surface area contributed by atoms with E-state index in [4.69, 9.17) is 0 Å². The molecule has 6 heteroatoms. The van der Waals surface area contributed by atoms with E-state index in [0.29, 0.717) is 10.7 Å². The summed E-state index contributed by atoms with van der Waals surface area (Å²) in [6, 6.07) is 32.4. The number of hydrogen-bond acceptors (Lipinski definition) is 5. The van der Waals surface area contributed by atoms with E-state index >= 15 is 0 Å². The second-order valence-corrected chi connectivity index (χ2v) is 9.40. The minimum Gasteiger partial charge on any atom is -0.296 e. The minimum atomic E-state index is -0.189. The van der Waals surface area contributed by atoms with Gasteiger partial charge in [0.1, 0.15) is 0 Å². The van der Waals surface area contributed by atoms with Crippen molar-refractivity contribution in [2.45, 2.75) is 10.1 Å². The summed E-state index contributed by atoms with van der Waals surface area (Å²) < 4.78 is 0.827. The Morgan fingerprint density at radius 2 is 1.50 bits per heavy atom. The van der Waals surface area contributed by atoms with Gasteiger partial charge in [-0.05, 0) is 39.6 Å². The Balaban J connectivity index is 1.22. The fourth-order valence-electron chi connectivity index (χ4n) is 3.49. The molecule has 156 valence electrons. The van der Waals surface area contributed by atoms with E-state index in [0.717, 1.165) is 21.2 Å². The van der Waals surface area contributed by atoms with Crippen LogP contribution in [0.15, 0.2) is 101 Å². The predicted octanol–water partition coefficient (Wildman–Crippen LogP) is 6.90. The summed E-state index contributed by atoms with van der Waals surface area (Å²) >= 11 is 3.01. The van der Waals surface area contributed by atoms with Crippen molar-refractivity contribution >= 4 is 44.9 Å². The van der Waals surface area contributed by atoms with Crippen molar-refractivity contribution in [3.8, 4) is 11.1 Å². The van der Waals surface area contributed by atoms with Crippen LogP contribution in [0.2, 0.25) is 0 Å². The molecule has 1 heterocycles. The molecule has 0 aliphatic rings. The van der Waals surface area contributed by atoms with Gasteiger partial charge in [0, 0.05) is 11.3 Å². The second kappa shape index (κ2) is 9.34. The first kappa shape index (κ1) is 20.4. The van der Waals surface area contributed by atoms with Gasteiger partial charge in [0.2, 0.25) is 5.13 Å². The number of nitrogens with zero attached hydrogens (tertiary/aromatic N) is 2. The number of fused-ring (bicyclic) bond motifs is 1. The van der Waals surface area contributed by atoms with Crippen LogP contribution in [0, 0.1) is 0 Å². The zero-order valence-electron chi connectivity index (χ0n) is 17.1. The van der Waals surface area contributed by atoms with Gasteiger partial charge in [-0.2, -0.15) is 0 Å². The Morgan fingerprint density at radius 1 is 0.781 bits per heavy atom. The van der Waals surface area contributed by atoms with Crippen molar-refractivity contribution in [1.29, 1.82) is 0 Å². The van der Waals surface area contributed by atoms with Crippen LogP contribution in [0.25, 0.3) is 21.9 Å². The first-order valence-corrected chi connectivity index (χ1v) is 12.0. The maximum Gasteiger partial charge on any atom is 0.257 e. The standard InChI is InChI=1S/C26H19N3OS2/c30-24(21-15-13-19(14-16-21)18-7-2-1-3-8-18)27-25-28-29-26(32-25)31-17-22-11-6-10-20-9-4-5-12-23(20)22/h1-16H,17H2,(H,27,28,30). The third kappa shape index (κ3) is 4.56. The first-order valence-electron chi connectivity index (χ1n) is 10.2. The molecule has 4 aromatic carbocycles. The SMILES string of the molecule is O=C(Nc1nnc(SCc2cccc3ccccc23)s1)c1ccc(-c2ccccc2)cc1. The van der Waals surface area contributed by atoms with Crippen LogP contribution in [0.4, 0.5) is 5.13 Å². The van der Waals surface area contributed by atoms with Gasteiger partial charge in [0.25, 0.3) is 5.91 Å². The van der Waals surface area contributed by atoms with Gasteiger partial charge in [-0.3, -0.25) is 10.1 Å². The zero-order chi connectivity index (χ0) is 21.8. The maximum atomic E-state index is 12.6. The highest BCUT2D eigenvalue weighted by atomic mass is 32.2. The molecule has 1 amide bonds. The second-order valence-electron chi connectivity index (χ2n) is 7.20. The highest BCUT2D eigenvalue weighted by molar-refractivity contribution is 8.00. The van der Waals surface area contributed by atoms with Crippen LogP contribution in [-0.2, 0) is 5.75 Å². The number of carbonyl (C=O) groups is 1. The summed E-state index contributed by atoms with van der Waals surface area (Å²) in [6.07, 6.45) is 0. The molecule has 5 aromatic rings. The Kier molecular flexibility index (Phi) is 5.96. The van der Waals surface area contributed by atoms with E-state index in [-0.39, 0.29) is 5.91 Å². The number of rotatable bonds is 6. The molecule has 0 fully saturated rings. The zero-order valence-corrected chi connectivity index (χ0v) is 18.7. The number of nitrogens with one attached hydrogen (secondary N) is 1. The molecule has 0 unspecified atom stereocenters. The van der Waals surface area contributed by atoms with Crippen molar-refractivity contribution in [3.05, 3.63) is 108 Å². The number of carbonyl (C=O) groups excluding carboxylic acids is 1. The Morgan fingerprint density at radius 3 is 2.34 bits per heavy atom. The highest BCUT2D eigenvalue weighted by Crippen LogP contribution is 2.31. The topological polar surface area (TPSA) is 54.9 Å². The summed E-state index contributed by atoms with van der Waals surface area (Å²) in [5.41, 5.74) is 4.04. The third-order valence-corrected chi connectivity index (χ3v) is 7.13. The monoisotopic (exact) mass is 453 g/mol. The molecule has 0 aliphatic carbocycles. The number of anilines is 1. The quantitative estimate of drug-likeness (QED) is 0.224. The van der Waals surface area contributed by atoms with Gasteiger partial charge < -0.3 is 0 Å². The molecule has 1 aromatic heterocycles. The summed E-state index contributed by atoms with van der Waals surface area (Å²) in [7, 11) is 0. The lowest BCUT2D eigenvalue weighted by molar-refractivity contribution is 0.102. The summed E-state index contributed by atoms with van der Waals surface area (Å²) in [4.78, 5) is 12.6. The van der Waals surface area contributed by atoms with Gasteiger partial charge in [-0.25, -0.2) is 0 Å². The lowest BCUT2D eigenvalue weighted by Gasteiger charge is -2.05. The highest BCUT2D eigenvalue weighted by Gasteiger charge is 2.11. The number of amides is 1. The molecule has 0 saturated heterocycles. The molecule has 32 heavy (non-hydrogen) atoms. The minimum absolute atomic E-state index is 0.189. The van der Waals surface area contributed by atoms with Gasteiger partial charge in [0.05, 0.1) is 0 Å². The predicted molar refractivity (Wildman–Crippen MR) is 133 cm³/mol. The van der Waals surface area contributed by atoms with Crippen LogP contribution < -0.4 is 5.32 Å². The fraction of sp³-hybridized carbons (Fsp3) is 0.0385. The van der Waals surface area contributed by atoms with Crippen LogP contribution in [0.5, 0.6) is 0 Å². The molecule has 1 N–H and O–H groups in total. The number of aromatic nitrogens is 2. The Hall–Kier alpha value is -3.48. The van der Waals surface area contributed by atoms with E-state index in [9.17, 15) is 4.79 Å². The van der Waals surface area contributed by atoms with Gasteiger partial charge in [-0.15, -0.1) is 10.2 Å². The Labute approximate surface area is 194 Å². The molecule has 0 radical (unpaired) electrons. The molecule has 4 nitrogen and oxygen atoms in total. The number of benzene rings is 4. The van der Waals surface area contributed by atoms with E-state index in [1.165, 1.54) is 27.7 Å². The van der Waals surface area contributed by atoms with Gasteiger partial charge in [-0.1, -0.05) is 108 Å². The largest absolute Gasteiger partial charge is 0.296 e. The summed E-state index contributed by atoms with van der Waals surface area (Å²) in [6.45, 7) is 0. The van der Waals surface area contributed by atoms with E-state index in [1.807, 2.05) is 60.7 Å². The molecular weight excluding hydrogens is 434 g/mol. The molecule has 0 aliphatic heterocycles. The molecule has 0 atom stereocenters. The van der Waals surface area contributed by atoms with Gasteiger partial charge in [0.15, 0.2) is 4.34 Å². The molecule has 0 saturated carbocycles. The smallest absolute Gasteiger partial charge is 0.257 e. The maximum absolute atomic E-state index is 12.6. The van der Waals surface area contributed by atoms with Crippen LogP contribution >= 0.6 is 23.1 Å². The normalized spacial score (nSPS) is 10.9.